The standard InChI is InChI=1S/C14H15NO2S/c16-9-13(12-4-2-1-3-5-12)15-14(17)8-11-6-7-18-10-11/h1-7,10,13,16H,8-9H2,(H,15,17)/t13-/m1/s1. The highest BCUT2D eigenvalue weighted by Gasteiger charge is 2.13. The molecule has 0 unspecified atom stereocenters. The van der Waals surface area contributed by atoms with Crippen LogP contribution in [0.15, 0.2) is 47.2 Å². The molecule has 3 nitrogen and oxygen atoms in total. The number of nitrogens with one attached hydrogen (secondary N) is 1. The summed E-state index contributed by atoms with van der Waals surface area (Å²) in [5, 5.41) is 16.1. The van der Waals surface area contributed by atoms with Gasteiger partial charge in [0.1, 0.15) is 0 Å². The highest BCUT2D eigenvalue weighted by Crippen LogP contribution is 2.12. The van der Waals surface area contributed by atoms with Gasteiger partial charge in [0, 0.05) is 0 Å². The molecule has 1 aromatic carbocycles. The first-order valence-electron chi connectivity index (χ1n) is 5.76. The van der Waals surface area contributed by atoms with Crippen molar-refractivity contribution in [3.05, 3.63) is 58.3 Å². The van der Waals surface area contributed by atoms with Gasteiger partial charge in [-0.25, -0.2) is 0 Å². The Labute approximate surface area is 110 Å². The summed E-state index contributed by atoms with van der Waals surface area (Å²) >= 11 is 1.57. The zero-order valence-corrected chi connectivity index (χ0v) is 10.7. The molecular weight excluding hydrogens is 246 g/mol. The second kappa shape index (κ2) is 6.33. The maximum atomic E-state index is 11.8. The molecule has 0 radical (unpaired) electrons. The van der Waals surface area contributed by atoms with Crippen LogP contribution < -0.4 is 5.32 Å². The molecule has 0 fully saturated rings. The van der Waals surface area contributed by atoms with Gasteiger partial charge in [0.05, 0.1) is 19.1 Å². The van der Waals surface area contributed by atoms with Crippen LogP contribution in [-0.2, 0) is 11.2 Å². The smallest absolute Gasteiger partial charge is 0.225 e. The number of rotatable bonds is 5. The van der Waals surface area contributed by atoms with Gasteiger partial charge in [-0.2, -0.15) is 11.3 Å². The van der Waals surface area contributed by atoms with Crippen molar-refractivity contribution in [2.75, 3.05) is 6.61 Å². The maximum Gasteiger partial charge on any atom is 0.225 e. The van der Waals surface area contributed by atoms with E-state index in [1.807, 2.05) is 47.2 Å². The van der Waals surface area contributed by atoms with E-state index in [9.17, 15) is 9.90 Å². The number of carbonyl (C=O) groups excluding carboxylic acids is 1. The Morgan fingerprint density at radius 1 is 1.28 bits per heavy atom. The number of carbonyl (C=O) groups is 1. The van der Waals surface area contributed by atoms with Crippen LogP contribution in [0.5, 0.6) is 0 Å². The summed E-state index contributed by atoms with van der Waals surface area (Å²) in [6, 6.07) is 11.1. The van der Waals surface area contributed by atoms with Crippen molar-refractivity contribution in [2.45, 2.75) is 12.5 Å². The summed E-state index contributed by atoms with van der Waals surface area (Å²) in [5.74, 6) is -0.0729. The van der Waals surface area contributed by atoms with Gasteiger partial charge in [-0.15, -0.1) is 0 Å². The summed E-state index contributed by atoms with van der Waals surface area (Å²) < 4.78 is 0. The van der Waals surface area contributed by atoms with E-state index < -0.39 is 0 Å². The molecular formula is C14H15NO2S. The Kier molecular flexibility index (Phi) is 4.50. The zero-order valence-electron chi connectivity index (χ0n) is 9.87. The Bertz CT molecular complexity index is 482. The molecule has 0 saturated heterocycles. The van der Waals surface area contributed by atoms with E-state index in [2.05, 4.69) is 5.32 Å². The van der Waals surface area contributed by atoms with Crippen LogP contribution in [0.25, 0.3) is 0 Å². The summed E-state index contributed by atoms with van der Waals surface area (Å²) in [7, 11) is 0. The summed E-state index contributed by atoms with van der Waals surface area (Å²) in [4.78, 5) is 11.8. The SMILES string of the molecule is O=C(Cc1ccsc1)N[C@H](CO)c1ccccc1. The normalized spacial score (nSPS) is 12.1. The second-order valence-electron chi connectivity index (χ2n) is 4.02. The molecule has 0 bridgehead atoms. The second-order valence-corrected chi connectivity index (χ2v) is 4.80. The fraction of sp³-hybridized carbons (Fsp3) is 0.214. The van der Waals surface area contributed by atoms with Crippen LogP contribution in [0.1, 0.15) is 17.2 Å². The predicted octanol–water partition coefficient (Wildman–Crippen LogP) is 2.14. The molecule has 0 spiro atoms. The molecule has 1 aromatic heterocycles. The summed E-state index contributed by atoms with van der Waals surface area (Å²) in [6.45, 7) is -0.0978. The fourth-order valence-electron chi connectivity index (χ4n) is 1.74. The number of hydrogen-bond acceptors (Lipinski definition) is 3. The van der Waals surface area contributed by atoms with Gasteiger partial charge >= 0.3 is 0 Å². The third-order valence-electron chi connectivity index (χ3n) is 2.66. The summed E-state index contributed by atoms with van der Waals surface area (Å²) in [5.41, 5.74) is 1.92. The van der Waals surface area contributed by atoms with Crippen LogP contribution >= 0.6 is 11.3 Å². The molecule has 94 valence electrons. The van der Waals surface area contributed by atoms with Crippen molar-refractivity contribution in [1.29, 1.82) is 0 Å². The van der Waals surface area contributed by atoms with Gasteiger partial charge in [-0.1, -0.05) is 30.3 Å². The first kappa shape index (κ1) is 12.8. The number of benzene rings is 1. The van der Waals surface area contributed by atoms with Gasteiger partial charge in [0.2, 0.25) is 5.91 Å². The lowest BCUT2D eigenvalue weighted by atomic mass is 10.1. The average Bonchev–Trinajstić information content (AvgIpc) is 2.90. The predicted molar refractivity (Wildman–Crippen MR) is 72.4 cm³/mol. The van der Waals surface area contributed by atoms with Crippen molar-refractivity contribution < 1.29 is 9.90 Å². The highest BCUT2D eigenvalue weighted by atomic mass is 32.1. The quantitative estimate of drug-likeness (QED) is 0.866. The minimum Gasteiger partial charge on any atom is -0.394 e. The van der Waals surface area contributed by atoms with Crippen molar-refractivity contribution in [2.24, 2.45) is 0 Å². The third-order valence-corrected chi connectivity index (χ3v) is 3.40. The Morgan fingerprint density at radius 2 is 2.06 bits per heavy atom. The lowest BCUT2D eigenvalue weighted by Gasteiger charge is -2.16. The van der Waals surface area contributed by atoms with E-state index in [1.165, 1.54) is 0 Å². The van der Waals surface area contributed by atoms with Gasteiger partial charge in [0.25, 0.3) is 0 Å². The fourth-order valence-corrected chi connectivity index (χ4v) is 2.41. The number of hydrogen-bond donors (Lipinski definition) is 2. The highest BCUT2D eigenvalue weighted by molar-refractivity contribution is 7.07. The molecule has 1 amide bonds. The molecule has 4 heteroatoms. The topological polar surface area (TPSA) is 49.3 Å². The Morgan fingerprint density at radius 3 is 2.67 bits per heavy atom. The van der Waals surface area contributed by atoms with Crippen LogP contribution in [-0.4, -0.2) is 17.6 Å². The van der Waals surface area contributed by atoms with E-state index >= 15 is 0 Å². The van der Waals surface area contributed by atoms with Gasteiger partial charge in [0.15, 0.2) is 0 Å². The number of aliphatic hydroxyl groups excluding tert-OH is 1. The molecule has 2 rings (SSSR count). The minimum atomic E-state index is -0.336. The van der Waals surface area contributed by atoms with E-state index in [1.54, 1.807) is 11.3 Å². The van der Waals surface area contributed by atoms with Crippen LogP contribution in [0, 0.1) is 0 Å². The maximum absolute atomic E-state index is 11.8. The molecule has 0 saturated carbocycles. The largest absolute Gasteiger partial charge is 0.394 e. The Balaban J connectivity index is 1.96. The molecule has 0 aliphatic rings. The molecule has 1 atom stereocenters. The van der Waals surface area contributed by atoms with Crippen molar-refractivity contribution >= 4 is 17.2 Å². The monoisotopic (exact) mass is 261 g/mol. The summed E-state index contributed by atoms with van der Waals surface area (Å²) in [6.07, 6.45) is 0.354. The molecule has 0 aliphatic heterocycles. The van der Waals surface area contributed by atoms with Crippen molar-refractivity contribution in [3.8, 4) is 0 Å². The van der Waals surface area contributed by atoms with Gasteiger partial charge in [-0.05, 0) is 28.0 Å². The van der Waals surface area contributed by atoms with E-state index in [4.69, 9.17) is 0 Å². The van der Waals surface area contributed by atoms with E-state index in [0.29, 0.717) is 6.42 Å². The molecule has 2 N–H and O–H groups in total. The zero-order chi connectivity index (χ0) is 12.8. The lowest BCUT2D eigenvalue weighted by molar-refractivity contribution is -0.121. The molecule has 2 aromatic rings. The van der Waals surface area contributed by atoms with E-state index in [0.717, 1.165) is 11.1 Å². The van der Waals surface area contributed by atoms with Crippen molar-refractivity contribution in [1.82, 2.24) is 5.32 Å². The van der Waals surface area contributed by atoms with Gasteiger partial charge in [-0.3, -0.25) is 4.79 Å². The first-order chi connectivity index (χ1) is 8.79. The lowest BCUT2D eigenvalue weighted by Crippen LogP contribution is -2.31. The number of aliphatic hydroxyl groups is 1. The van der Waals surface area contributed by atoms with E-state index in [-0.39, 0.29) is 18.6 Å². The number of amides is 1. The van der Waals surface area contributed by atoms with Gasteiger partial charge < -0.3 is 10.4 Å². The van der Waals surface area contributed by atoms with Crippen LogP contribution in [0.3, 0.4) is 0 Å². The van der Waals surface area contributed by atoms with Crippen molar-refractivity contribution in [3.63, 3.8) is 0 Å². The molecule has 0 aliphatic carbocycles. The van der Waals surface area contributed by atoms with Crippen LogP contribution in [0.2, 0.25) is 0 Å². The Hall–Kier alpha value is -1.65. The minimum absolute atomic E-state index is 0.0729. The average molecular weight is 261 g/mol. The molecule has 18 heavy (non-hydrogen) atoms. The first-order valence-corrected chi connectivity index (χ1v) is 6.70. The third kappa shape index (κ3) is 3.42. The van der Waals surface area contributed by atoms with Crippen LogP contribution in [0.4, 0.5) is 0 Å². The molecule has 1 heterocycles. The number of thiophene rings is 1.